The lowest BCUT2D eigenvalue weighted by atomic mass is 10.1. The van der Waals surface area contributed by atoms with E-state index in [1.165, 1.54) is 6.92 Å². The molecule has 0 unspecified atom stereocenters. The average Bonchev–Trinajstić information content (AvgIpc) is 2.15. The molecule has 0 amide bonds. The SMILES string of the molecule is CC(=O)CC1=CCOC1=O. The molecule has 0 saturated heterocycles. The Balaban J connectivity index is 2.56. The zero-order valence-electron chi connectivity index (χ0n) is 5.72. The topological polar surface area (TPSA) is 43.4 Å². The highest BCUT2D eigenvalue weighted by atomic mass is 16.5. The summed E-state index contributed by atoms with van der Waals surface area (Å²) in [6, 6.07) is 0. The lowest BCUT2D eigenvalue weighted by Gasteiger charge is -1.92. The quantitative estimate of drug-likeness (QED) is 0.523. The van der Waals surface area contributed by atoms with Crippen LogP contribution in [0.4, 0.5) is 0 Å². The van der Waals surface area contributed by atoms with E-state index in [4.69, 9.17) is 0 Å². The molecule has 1 aliphatic heterocycles. The number of carbonyl (C=O) groups excluding carboxylic acids is 2. The van der Waals surface area contributed by atoms with Crippen LogP contribution < -0.4 is 0 Å². The van der Waals surface area contributed by atoms with Crippen LogP contribution >= 0.6 is 0 Å². The fraction of sp³-hybridized carbons (Fsp3) is 0.429. The van der Waals surface area contributed by atoms with Gasteiger partial charge in [-0.2, -0.15) is 0 Å². The van der Waals surface area contributed by atoms with E-state index in [0.29, 0.717) is 12.2 Å². The fourth-order valence-corrected chi connectivity index (χ4v) is 0.807. The summed E-state index contributed by atoms with van der Waals surface area (Å²) >= 11 is 0. The number of carbonyl (C=O) groups is 2. The van der Waals surface area contributed by atoms with Crippen LogP contribution in [0.25, 0.3) is 0 Å². The number of cyclic esters (lactones) is 1. The van der Waals surface area contributed by atoms with Crippen molar-refractivity contribution < 1.29 is 14.3 Å². The lowest BCUT2D eigenvalue weighted by Crippen LogP contribution is -2.02. The van der Waals surface area contributed by atoms with E-state index in [-0.39, 0.29) is 18.2 Å². The maximum absolute atomic E-state index is 10.7. The Bertz CT molecular complexity index is 203. The predicted molar refractivity (Wildman–Crippen MR) is 34.3 cm³/mol. The summed E-state index contributed by atoms with van der Waals surface area (Å²) in [4.78, 5) is 21.2. The molecule has 10 heavy (non-hydrogen) atoms. The molecule has 0 radical (unpaired) electrons. The second-order valence-electron chi connectivity index (χ2n) is 2.21. The van der Waals surface area contributed by atoms with Gasteiger partial charge in [0.2, 0.25) is 0 Å². The number of Topliss-reactive ketones (excluding diaryl/α,β-unsaturated/α-hetero) is 1. The Kier molecular flexibility index (Phi) is 1.85. The summed E-state index contributed by atoms with van der Waals surface area (Å²) in [6.07, 6.45) is 1.85. The first kappa shape index (κ1) is 6.99. The minimum atomic E-state index is -0.352. The third-order valence-electron chi connectivity index (χ3n) is 1.25. The normalized spacial score (nSPS) is 16.5. The van der Waals surface area contributed by atoms with E-state index in [0.717, 1.165) is 0 Å². The molecule has 0 atom stereocenters. The smallest absolute Gasteiger partial charge is 0.334 e. The standard InChI is InChI=1S/C7H8O3/c1-5(8)4-6-2-3-10-7(6)9/h2H,3-4H2,1H3. The molecular formula is C7H8O3. The molecule has 0 saturated carbocycles. The Morgan fingerprint density at radius 1 is 1.80 bits per heavy atom. The number of rotatable bonds is 2. The maximum atomic E-state index is 10.7. The zero-order chi connectivity index (χ0) is 7.56. The predicted octanol–water partition coefficient (Wildman–Crippen LogP) is 0.449. The number of ether oxygens (including phenoxy) is 1. The minimum absolute atomic E-state index is 0.00917. The molecule has 0 N–H and O–H groups in total. The van der Waals surface area contributed by atoms with Crippen LogP contribution in [0.2, 0.25) is 0 Å². The summed E-state index contributed by atoms with van der Waals surface area (Å²) in [5.74, 6) is -0.361. The highest BCUT2D eigenvalue weighted by Crippen LogP contribution is 2.10. The van der Waals surface area contributed by atoms with Gasteiger partial charge >= 0.3 is 5.97 Å². The van der Waals surface area contributed by atoms with Crippen molar-refractivity contribution in [2.75, 3.05) is 6.61 Å². The largest absolute Gasteiger partial charge is 0.458 e. The van der Waals surface area contributed by atoms with Gasteiger partial charge < -0.3 is 4.74 Å². The maximum Gasteiger partial charge on any atom is 0.334 e. The van der Waals surface area contributed by atoms with E-state index in [2.05, 4.69) is 4.74 Å². The fourth-order valence-electron chi connectivity index (χ4n) is 0.807. The number of hydrogen-bond acceptors (Lipinski definition) is 3. The molecule has 1 aliphatic rings. The molecule has 0 aromatic heterocycles. The third-order valence-corrected chi connectivity index (χ3v) is 1.25. The number of ketones is 1. The Morgan fingerprint density at radius 3 is 2.90 bits per heavy atom. The second kappa shape index (κ2) is 2.64. The van der Waals surface area contributed by atoms with Crippen LogP contribution in [-0.4, -0.2) is 18.4 Å². The summed E-state index contributed by atoms with van der Waals surface area (Å²) in [5, 5.41) is 0. The van der Waals surface area contributed by atoms with Crippen LogP contribution in [-0.2, 0) is 14.3 Å². The van der Waals surface area contributed by atoms with E-state index in [1.807, 2.05) is 0 Å². The molecule has 0 spiro atoms. The van der Waals surface area contributed by atoms with E-state index >= 15 is 0 Å². The van der Waals surface area contributed by atoms with Crippen LogP contribution in [0.1, 0.15) is 13.3 Å². The van der Waals surface area contributed by atoms with Crippen molar-refractivity contribution in [3.63, 3.8) is 0 Å². The molecule has 3 nitrogen and oxygen atoms in total. The molecule has 0 aliphatic carbocycles. The highest BCUT2D eigenvalue weighted by molar-refractivity contribution is 5.96. The van der Waals surface area contributed by atoms with Gasteiger partial charge in [0, 0.05) is 12.0 Å². The molecule has 0 aromatic rings. The van der Waals surface area contributed by atoms with E-state index < -0.39 is 0 Å². The first-order chi connectivity index (χ1) is 4.70. The van der Waals surface area contributed by atoms with Crippen molar-refractivity contribution in [2.45, 2.75) is 13.3 Å². The lowest BCUT2D eigenvalue weighted by molar-refractivity contribution is -0.136. The van der Waals surface area contributed by atoms with Gasteiger partial charge in [0.15, 0.2) is 0 Å². The van der Waals surface area contributed by atoms with Gasteiger partial charge in [0.25, 0.3) is 0 Å². The third kappa shape index (κ3) is 1.43. The van der Waals surface area contributed by atoms with Crippen molar-refractivity contribution in [1.82, 2.24) is 0 Å². The highest BCUT2D eigenvalue weighted by Gasteiger charge is 2.17. The minimum Gasteiger partial charge on any atom is -0.458 e. The van der Waals surface area contributed by atoms with Gasteiger partial charge in [-0.3, -0.25) is 4.79 Å². The van der Waals surface area contributed by atoms with Crippen LogP contribution in [0.3, 0.4) is 0 Å². The second-order valence-corrected chi connectivity index (χ2v) is 2.21. The van der Waals surface area contributed by atoms with Crippen molar-refractivity contribution >= 4 is 11.8 Å². The summed E-state index contributed by atoms with van der Waals surface area (Å²) < 4.78 is 4.58. The molecule has 1 rings (SSSR count). The van der Waals surface area contributed by atoms with Gasteiger partial charge in [-0.25, -0.2) is 4.79 Å². The summed E-state index contributed by atoms with van der Waals surface area (Å²) in [6.45, 7) is 1.77. The molecular weight excluding hydrogens is 132 g/mol. The Labute approximate surface area is 58.7 Å². The van der Waals surface area contributed by atoms with Crippen LogP contribution in [0.5, 0.6) is 0 Å². The van der Waals surface area contributed by atoms with E-state index in [9.17, 15) is 9.59 Å². The van der Waals surface area contributed by atoms with Crippen molar-refractivity contribution in [1.29, 1.82) is 0 Å². The van der Waals surface area contributed by atoms with Gasteiger partial charge in [-0.1, -0.05) is 0 Å². The molecule has 0 bridgehead atoms. The number of esters is 1. The van der Waals surface area contributed by atoms with Crippen LogP contribution in [0.15, 0.2) is 11.6 Å². The molecule has 54 valence electrons. The molecule has 0 fully saturated rings. The average molecular weight is 140 g/mol. The van der Waals surface area contributed by atoms with Crippen molar-refractivity contribution in [3.05, 3.63) is 11.6 Å². The summed E-state index contributed by atoms with van der Waals surface area (Å²) in [7, 11) is 0. The zero-order valence-corrected chi connectivity index (χ0v) is 5.72. The van der Waals surface area contributed by atoms with Gasteiger partial charge in [-0.05, 0) is 13.0 Å². The first-order valence-corrected chi connectivity index (χ1v) is 3.06. The Hall–Kier alpha value is -1.12. The molecule has 1 heterocycles. The van der Waals surface area contributed by atoms with Crippen molar-refractivity contribution in [2.24, 2.45) is 0 Å². The summed E-state index contributed by atoms with van der Waals surface area (Å²) in [5.41, 5.74) is 0.493. The van der Waals surface area contributed by atoms with Crippen molar-refractivity contribution in [3.8, 4) is 0 Å². The van der Waals surface area contributed by atoms with Gasteiger partial charge in [0.05, 0.1) is 0 Å². The van der Waals surface area contributed by atoms with Gasteiger partial charge in [0.1, 0.15) is 12.4 Å². The van der Waals surface area contributed by atoms with Crippen LogP contribution in [0, 0.1) is 0 Å². The number of hydrogen-bond donors (Lipinski definition) is 0. The molecule has 0 aromatic carbocycles. The molecule has 3 heteroatoms. The van der Waals surface area contributed by atoms with E-state index in [1.54, 1.807) is 6.08 Å². The monoisotopic (exact) mass is 140 g/mol. The Morgan fingerprint density at radius 2 is 2.50 bits per heavy atom. The van der Waals surface area contributed by atoms with Gasteiger partial charge in [-0.15, -0.1) is 0 Å². The first-order valence-electron chi connectivity index (χ1n) is 3.06.